The molecule has 8 nitrogen and oxygen atoms in total. The molecule has 3 heterocycles. The number of ether oxygens (including phenoxy) is 1. The number of hydrogen-bond acceptors (Lipinski definition) is 7. The van der Waals surface area contributed by atoms with Gasteiger partial charge in [0.15, 0.2) is 5.17 Å². The minimum absolute atomic E-state index is 0.00148. The van der Waals surface area contributed by atoms with Crippen LogP contribution >= 0.6 is 11.8 Å². The summed E-state index contributed by atoms with van der Waals surface area (Å²) in [6.45, 7) is 5.20. The van der Waals surface area contributed by atoms with E-state index in [-0.39, 0.29) is 18.2 Å². The van der Waals surface area contributed by atoms with Gasteiger partial charge in [-0.3, -0.25) is 9.59 Å². The second kappa shape index (κ2) is 9.38. The Balaban J connectivity index is 1.61. The number of benzene rings is 1. The van der Waals surface area contributed by atoms with E-state index in [0.717, 1.165) is 0 Å². The predicted octanol–water partition coefficient (Wildman–Crippen LogP) is 2.65. The molecule has 0 saturated carbocycles. The van der Waals surface area contributed by atoms with Gasteiger partial charge in [-0.2, -0.15) is 0 Å². The maximum atomic E-state index is 14.1. The molecule has 1 fully saturated rings. The number of carbonyl (C=O) groups excluding carboxylic acids is 3. The molecule has 0 aliphatic carbocycles. The summed E-state index contributed by atoms with van der Waals surface area (Å²) in [6, 6.07) is 5.40. The average molecular weight is 473 g/mol. The second-order valence-electron chi connectivity index (χ2n) is 8.00. The highest BCUT2D eigenvalue weighted by Gasteiger charge is 2.41. The van der Waals surface area contributed by atoms with Crippen molar-refractivity contribution in [3.63, 3.8) is 0 Å². The first-order valence-electron chi connectivity index (χ1n) is 10.6. The van der Waals surface area contributed by atoms with Crippen molar-refractivity contribution in [2.75, 3.05) is 33.3 Å². The number of esters is 1. The normalized spacial score (nSPS) is 20.4. The van der Waals surface area contributed by atoms with Gasteiger partial charge in [0.2, 0.25) is 11.8 Å². The monoisotopic (exact) mass is 472 g/mol. The van der Waals surface area contributed by atoms with Crippen molar-refractivity contribution in [3.8, 4) is 0 Å². The molecule has 1 aromatic carbocycles. The van der Waals surface area contributed by atoms with Gasteiger partial charge in [0.25, 0.3) is 0 Å². The summed E-state index contributed by atoms with van der Waals surface area (Å²) in [6.07, 6.45) is 0.103. The first-order chi connectivity index (χ1) is 15.8. The number of carbonyl (C=O) groups is 3. The molecule has 3 aliphatic heterocycles. The minimum atomic E-state index is -0.663. The topological polar surface area (TPSA) is 82.5 Å². The van der Waals surface area contributed by atoms with Crippen LogP contribution in [0.15, 0.2) is 51.6 Å². The van der Waals surface area contributed by atoms with Crippen LogP contribution in [0.4, 0.5) is 4.39 Å². The van der Waals surface area contributed by atoms with Crippen molar-refractivity contribution in [2.24, 2.45) is 4.99 Å². The maximum Gasteiger partial charge on any atom is 0.338 e. The number of nitrogens with zero attached hydrogens (tertiary/aromatic N) is 4. The molecular weight excluding hydrogens is 447 g/mol. The molecule has 0 spiro atoms. The van der Waals surface area contributed by atoms with Crippen molar-refractivity contribution in [1.29, 1.82) is 0 Å². The molecule has 33 heavy (non-hydrogen) atoms. The molecule has 4 rings (SSSR count). The summed E-state index contributed by atoms with van der Waals surface area (Å²) < 4.78 is 19.1. The summed E-state index contributed by atoms with van der Waals surface area (Å²) >= 11 is 1.37. The Bertz CT molecular complexity index is 1090. The summed E-state index contributed by atoms with van der Waals surface area (Å²) in [5.74, 6) is -1.04. The number of allylic oxidation sites excluding steroid dienone is 1. The van der Waals surface area contributed by atoms with Gasteiger partial charge >= 0.3 is 5.97 Å². The third-order valence-corrected chi connectivity index (χ3v) is 6.87. The van der Waals surface area contributed by atoms with Crippen LogP contribution in [0, 0.1) is 5.82 Å². The Morgan fingerprint density at radius 3 is 2.52 bits per heavy atom. The summed E-state index contributed by atoms with van der Waals surface area (Å²) in [5.41, 5.74) is 2.05. The van der Waals surface area contributed by atoms with Crippen LogP contribution in [0.2, 0.25) is 0 Å². The Morgan fingerprint density at radius 2 is 1.88 bits per heavy atom. The first kappa shape index (κ1) is 23.0. The van der Waals surface area contributed by atoms with E-state index >= 15 is 0 Å². The molecule has 0 N–H and O–H groups in total. The smallest absolute Gasteiger partial charge is 0.338 e. The molecule has 1 aromatic rings. The SMILES string of the molecule is COC(=O)C1=C(C)N=C2SC=C(CC(=O)N3CCN(C(C)=O)CC3)N2[C@@H]1c1cccc(F)c1. The Labute approximate surface area is 195 Å². The van der Waals surface area contributed by atoms with Crippen molar-refractivity contribution < 1.29 is 23.5 Å². The third kappa shape index (κ3) is 4.52. The van der Waals surface area contributed by atoms with Gasteiger partial charge in [-0.1, -0.05) is 23.9 Å². The zero-order valence-corrected chi connectivity index (χ0v) is 19.5. The van der Waals surface area contributed by atoms with Gasteiger partial charge in [0.1, 0.15) is 5.82 Å². The highest BCUT2D eigenvalue weighted by molar-refractivity contribution is 8.16. The first-order valence-corrected chi connectivity index (χ1v) is 11.5. The molecule has 0 bridgehead atoms. The van der Waals surface area contributed by atoms with Crippen molar-refractivity contribution in [3.05, 3.63) is 58.0 Å². The van der Waals surface area contributed by atoms with E-state index in [2.05, 4.69) is 4.99 Å². The highest BCUT2D eigenvalue weighted by atomic mass is 32.2. The zero-order valence-electron chi connectivity index (χ0n) is 18.7. The van der Waals surface area contributed by atoms with E-state index in [0.29, 0.717) is 53.9 Å². The van der Waals surface area contributed by atoms with Gasteiger partial charge < -0.3 is 19.4 Å². The van der Waals surface area contributed by atoms with Crippen molar-refractivity contribution in [1.82, 2.24) is 14.7 Å². The average Bonchev–Trinajstić information content (AvgIpc) is 3.19. The lowest BCUT2D eigenvalue weighted by Gasteiger charge is -2.37. The maximum absolute atomic E-state index is 14.1. The number of hydrogen-bond donors (Lipinski definition) is 0. The number of aliphatic imine (C=N–C) groups is 1. The van der Waals surface area contributed by atoms with Crippen LogP contribution < -0.4 is 0 Å². The predicted molar refractivity (Wildman–Crippen MR) is 122 cm³/mol. The molecule has 2 amide bonds. The van der Waals surface area contributed by atoms with Crippen LogP contribution in [0.25, 0.3) is 0 Å². The largest absolute Gasteiger partial charge is 0.466 e. The number of amides is 2. The molecule has 0 aromatic heterocycles. The van der Waals surface area contributed by atoms with Crippen LogP contribution in [0.1, 0.15) is 31.9 Å². The number of amidine groups is 1. The van der Waals surface area contributed by atoms with Gasteiger partial charge in [0, 0.05) is 38.8 Å². The number of halogens is 1. The van der Waals surface area contributed by atoms with Crippen LogP contribution in [0.5, 0.6) is 0 Å². The van der Waals surface area contributed by atoms with Crippen LogP contribution in [0.3, 0.4) is 0 Å². The molecular formula is C23H25FN4O4S. The van der Waals surface area contributed by atoms with E-state index in [4.69, 9.17) is 4.74 Å². The van der Waals surface area contributed by atoms with Gasteiger partial charge in [-0.15, -0.1) is 0 Å². The van der Waals surface area contributed by atoms with E-state index in [1.54, 1.807) is 28.9 Å². The van der Waals surface area contributed by atoms with Gasteiger partial charge in [-0.05, 0) is 30.0 Å². The lowest BCUT2D eigenvalue weighted by molar-refractivity contribution is -0.138. The quantitative estimate of drug-likeness (QED) is 0.627. The number of methoxy groups -OCH3 is 1. The van der Waals surface area contributed by atoms with Crippen LogP contribution in [-0.4, -0.2) is 70.9 Å². The number of rotatable bonds is 4. The molecule has 174 valence electrons. The molecule has 0 unspecified atom stereocenters. The zero-order chi connectivity index (χ0) is 23.7. The van der Waals surface area contributed by atoms with E-state index in [1.165, 1.54) is 37.9 Å². The molecule has 0 radical (unpaired) electrons. The molecule has 1 atom stereocenters. The summed E-state index contributed by atoms with van der Waals surface area (Å²) in [5, 5.41) is 2.47. The fraction of sp³-hybridized carbons (Fsp3) is 0.391. The Hall–Kier alpha value is -3.14. The number of fused-ring (bicyclic) bond motifs is 1. The fourth-order valence-electron chi connectivity index (χ4n) is 4.27. The second-order valence-corrected chi connectivity index (χ2v) is 8.84. The lowest BCUT2D eigenvalue weighted by atomic mass is 9.93. The highest BCUT2D eigenvalue weighted by Crippen LogP contribution is 2.45. The molecule has 1 saturated heterocycles. The Kier molecular flexibility index (Phi) is 6.55. The van der Waals surface area contributed by atoms with E-state index in [1.807, 2.05) is 10.3 Å². The minimum Gasteiger partial charge on any atom is -0.466 e. The number of thioether (sulfide) groups is 1. The van der Waals surface area contributed by atoms with E-state index in [9.17, 15) is 18.8 Å². The van der Waals surface area contributed by atoms with Crippen LogP contribution in [-0.2, 0) is 19.1 Å². The fourth-order valence-corrected chi connectivity index (χ4v) is 5.23. The Morgan fingerprint density at radius 1 is 1.18 bits per heavy atom. The summed E-state index contributed by atoms with van der Waals surface area (Å²) in [7, 11) is 1.30. The molecule has 10 heteroatoms. The number of piperazine rings is 1. The van der Waals surface area contributed by atoms with E-state index < -0.39 is 17.8 Å². The van der Waals surface area contributed by atoms with Gasteiger partial charge in [-0.25, -0.2) is 14.2 Å². The van der Waals surface area contributed by atoms with Crippen molar-refractivity contribution in [2.45, 2.75) is 26.3 Å². The molecule has 3 aliphatic rings. The standard InChI is InChI=1S/C23H25FN4O4S/c1-14-20(22(31)32-3)21(16-5-4-6-17(24)11-16)28-18(13-33-23(28)25-14)12-19(30)27-9-7-26(8-10-27)15(2)29/h4-6,11,13,21H,7-10,12H2,1-3H3/t21-/m1/s1. The summed E-state index contributed by atoms with van der Waals surface area (Å²) in [4.78, 5) is 47.2. The van der Waals surface area contributed by atoms with Gasteiger partial charge in [0.05, 0.1) is 30.8 Å². The third-order valence-electron chi connectivity index (χ3n) is 5.98. The lowest BCUT2D eigenvalue weighted by Crippen LogP contribution is -2.50. The van der Waals surface area contributed by atoms with Crippen molar-refractivity contribution >= 4 is 34.7 Å².